The van der Waals surface area contributed by atoms with E-state index in [0.717, 1.165) is 0 Å². The number of carbonyl (C=O) groups is 1. The number of nitrogens with zero attached hydrogens (tertiary/aromatic N) is 3. The van der Waals surface area contributed by atoms with E-state index in [1.54, 1.807) is 17.6 Å². The molecular formula is C14H19N5O2S. The van der Waals surface area contributed by atoms with Crippen molar-refractivity contribution in [3.05, 3.63) is 29.4 Å². The lowest BCUT2D eigenvalue weighted by Gasteiger charge is -2.14. The highest BCUT2D eigenvalue weighted by atomic mass is 32.1. The lowest BCUT2D eigenvalue weighted by Crippen LogP contribution is -2.19. The summed E-state index contributed by atoms with van der Waals surface area (Å²) in [6.07, 6.45) is 1.82. The van der Waals surface area contributed by atoms with Crippen molar-refractivity contribution in [2.75, 3.05) is 17.2 Å². The fraction of sp³-hybridized carbons (Fsp3) is 0.429. The van der Waals surface area contributed by atoms with Gasteiger partial charge < -0.3 is 10.4 Å². The fourth-order valence-electron chi connectivity index (χ4n) is 1.71. The molecule has 0 saturated heterocycles. The molecule has 0 aliphatic rings. The number of rotatable bonds is 7. The lowest BCUT2D eigenvalue weighted by molar-refractivity contribution is 0.102. The number of pyridine rings is 1. The molecule has 118 valence electrons. The van der Waals surface area contributed by atoms with Crippen LogP contribution < -0.4 is 10.6 Å². The number of aliphatic hydroxyl groups excluding tert-OH is 1. The van der Waals surface area contributed by atoms with Gasteiger partial charge in [0.25, 0.3) is 5.91 Å². The second kappa shape index (κ2) is 7.81. The molecule has 2 rings (SSSR count). The molecule has 22 heavy (non-hydrogen) atoms. The van der Waals surface area contributed by atoms with Gasteiger partial charge in [0.1, 0.15) is 11.3 Å². The summed E-state index contributed by atoms with van der Waals surface area (Å²) in [6.45, 7) is 4.59. The lowest BCUT2D eigenvalue weighted by atomic mass is 10.0. The van der Waals surface area contributed by atoms with Crippen molar-refractivity contribution in [2.45, 2.75) is 26.4 Å². The topological polar surface area (TPSA) is 100 Å². The number of hydrogen-bond acceptors (Lipinski definition) is 7. The van der Waals surface area contributed by atoms with Gasteiger partial charge in [-0.3, -0.25) is 10.1 Å². The number of nitrogens with one attached hydrogen (secondary N) is 2. The number of hydrogen-bond donors (Lipinski definition) is 3. The quantitative estimate of drug-likeness (QED) is 0.721. The largest absolute Gasteiger partial charge is 0.393 e. The van der Waals surface area contributed by atoms with E-state index in [9.17, 15) is 9.90 Å². The summed E-state index contributed by atoms with van der Waals surface area (Å²) < 4.78 is 0. The molecule has 0 spiro atoms. The summed E-state index contributed by atoms with van der Waals surface area (Å²) in [5.74, 6) is 0.635. The minimum absolute atomic E-state index is 0.237. The van der Waals surface area contributed by atoms with Crippen molar-refractivity contribution >= 4 is 28.2 Å². The first-order valence-electron chi connectivity index (χ1n) is 7.01. The maximum Gasteiger partial charge on any atom is 0.259 e. The zero-order valence-electron chi connectivity index (χ0n) is 12.5. The standard InChI is InChI=1S/C14H19N5O2S/c1-9(2)11(20)5-6-15-12-4-3-10(7-16-12)13(21)18-14-19-17-8-22-14/h3-4,7-9,11,20H,5-6H2,1-2H3,(H,15,16)(H,18,19,21). The third kappa shape index (κ3) is 4.74. The van der Waals surface area contributed by atoms with Gasteiger partial charge in [0.2, 0.25) is 5.13 Å². The molecule has 2 aromatic rings. The van der Waals surface area contributed by atoms with Crippen LogP contribution in [0.1, 0.15) is 30.6 Å². The first kappa shape index (κ1) is 16.3. The van der Waals surface area contributed by atoms with Crippen LogP contribution in [0, 0.1) is 5.92 Å². The molecule has 0 radical (unpaired) electrons. The Morgan fingerprint density at radius 2 is 2.23 bits per heavy atom. The summed E-state index contributed by atoms with van der Waals surface area (Å²) >= 11 is 1.25. The van der Waals surface area contributed by atoms with Crippen LogP contribution in [0.5, 0.6) is 0 Å². The number of amides is 1. The normalized spacial score (nSPS) is 12.2. The Morgan fingerprint density at radius 3 is 2.82 bits per heavy atom. The molecule has 0 aliphatic heterocycles. The Kier molecular flexibility index (Phi) is 5.79. The van der Waals surface area contributed by atoms with Gasteiger partial charge in [-0.15, -0.1) is 10.2 Å². The van der Waals surface area contributed by atoms with Crippen molar-refractivity contribution in [3.63, 3.8) is 0 Å². The number of aromatic nitrogens is 3. The predicted octanol–water partition coefficient (Wildman–Crippen LogP) is 2.00. The summed E-state index contributed by atoms with van der Waals surface area (Å²) in [5, 5.41) is 23.3. The molecule has 0 saturated carbocycles. The van der Waals surface area contributed by atoms with Gasteiger partial charge in [0.05, 0.1) is 11.7 Å². The van der Waals surface area contributed by atoms with Gasteiger partial charge in [-0.2, -0.15) is 0 Å². The average Bonchev–Trinajstić information content (AvgIpc) is 3.00. The minimum atomic E-state index is -0.329. The van der Waals surface area contributed by atoms with E-state index in [1.807, 2.05) is 13.8 Å². The Labute approximate surface area is 132 Å². The molecule has 1 unspecified atom stereocenters. The van der Waals surface area contributed by atoms with Gasteiger partial charge in [-0.1, -0.05) is 25.2 Å². The van der Waals surface area contributed by atoms with E-state index < -0.39 is 0 Å². The second-order valence-electron chi connectivity index (χ2n) is 5.16. The number of aliphatic hydroxyl groups is 1. The zero-order chi connectivity index (χ0) is 15.9. The molecule has 0 aliphatic carbocycles. The minimum Gasteiger partial charge on any atom is -0.393 e. The van der Waals surface area contributed by atoms with Crippen LogP contribution in [0.3, 0.4) is 0 Å². The first-order chi connectivity index (χ1) is 10.6. The highest BCUT2D eigenvalue weighted by Gasteiger charge is 2.10. The SMILES string of the molecule is CC(C)C(O)CCNc1ccc(C(=O)Nc2nncs2)cn1. The van der Waals surface area contributed by atoms with Crippen molar-refractivity contribution in [2.24, 2.45) is 5.92 Å². The molecule has 7 nitrogen and oxygen atoms in total. The van der Waals surface area contributed by atoms with Gasteiger partial charge in [-0.25, -0.2) is 4.98 Å². The second-order valence-corrected chi connectivity index (χ2v) is 5.99. The van der Waals surface area contributed by atoms with Crippen LogP contribution in [-0.4, -0.2) is 38.8 Å². The fourth-order valence-corrected chi connectivity index (χ4v) is 2.15. The molecule has 2 heterocycles. The highest BCUT2D eigenvalue weighted by Crippen LogP contribution is 2.12. The van der Waals surface area contributed by atoms with Gasteiger partial charge in [-0.05, 0) is 24.5 Å². The molecule has 2 aromatic heterocycles. The van der Waals surface area contributed by atoms with E-state index in [-0.39, 0.29) is 17.9 Å². The van der Waals surface area contributed by atoms with Crippen molar-refractivity contribution in [1.29, 1.82) is 0 Å². The Balaban J connectivity index is 1.83. The van der Waals surface area contributed by atoms with E-state index in [4.69, 9.17) is 0 Å². The number of carbonyl (C=O) groups excluding carboxylic acids is 1. The Morgan fingerprint density at radius 1 is 1.41 bits per heavy atom. The van der Waals surface area contributed by atoms with Crippen molar-refractivity contribution in [1.82, 2.24) is 15.2 Å². The summed E-state index contributed by atoms with van der Waals surface area (Å²) in [5.41, 5.74) is 2.00. The van der Waals surface area contributed by atoms with Gasteiger partial charge in [0.15, 0.2) is 0 Å². The van der Waals surface area contributed by atoms with Gasteiger partial charge in [0, 0.05) is 12.7 Å². The monoisotopic (exact) mass is 321 g/mol. The maximum absolute atomic E-state index is 11.9. The molecule has 0 fully saturated rings. The van der Waals surface area contributed by atoms with E-state index in [1.165, 1.54) is 17.5 Å². The third-order valence-electron chi connectivity index (χ3n) is 3.12. The number of anilines is 2. The van der Waals surface area contributed by atoms with Crippen molar-refractivity contribution < 1.29 is 9.90 Å². The van der Waals surface area contributed by atoms with Crippen molar-refractivity contribution in [3.8, 4) is 0 Å². The molecular weight excluding hydrogens is 302 g/mol. The highest BCUT2D eigenvalue weighted by molar-refractivity contribution is 7.13. The van der Waals surface area contributed by atoms with E-state index in [0.29, 0.717) is 29.5 Å². The first-order valence-corrected chi connectivity index (χ1v) is 7.89. The summed E-state index contributed by atoms with van der Waals surface area (Å²) in [4.78, 5) is 16.1. The molecule has 0 bridgehead atoms. The Hall–Kier alpha value is -2.06. The predicted molar refractivity (Wildman–Crippen MR) is 86.1 cm³/mol. The average molecular weight is 321 g/mol. The van der Waals surface area contributed by atoms with Crippen LogP contribution in [0.25, 0.3) is 0 Å². The summed E-state index contributed by atoms with van der Waals surface area (Å²) in [7, 11) is 0. The van der Waals surface area contributed by atoms with Crippen LogP contribution in [0.15, 0.2) is 23.8 Å². The smallest absolute Gasteiger partial charge is 0.259 e. The van der Waals surface area contributed by atoms with Crippen LogP contribution >= 0.6 is 11.3 Å². The molecule has 0 aromatic carbocycles. The zero-order valence-corrected chi connectivity index (χ0v) is 13.3. The van der Waals surface area contributed by atoms with Crippen LogP contribution in [-0.2, 0) is 0 Å². The molecule has 1 amide bonds. The molecule has 1 atom stereocenters. The maximum atomic E-state index is 11.9. The molecule has 8 heteroatoms. The van der Waals surface area contributed by atoms with Gasteiger partial charge >= 0.3 is 0 Å². The van der Waals surface area contributed by atoms with E-state index >= 15 is 0 Å². The van der Waals surface area contributed by atoms with Crippen LogP contribution in [0.4, 0.5) is 10.9 Å². The summed E-state index contributed by atoms with van der Waals surface area (Å²) in [6, 6.07) is 3.42. The Bertz CT molecular complexity index is 586. The van der Waals surface area contributed by atoms with E-state index in [2.05, 4.69) is 25.8 Å². The third-order valence-corrected chi connectivity index (χ3v) is 3.73. The van der Waals surface area contributed by atoms with Crippen LogP contribution in [0.2, 0.25) is 0 Å². The molecule has 3 N–H and O–H groups in total.